The molecule has 4 rings (SSSR count). The molecular weight excluding hydrogens is 376 g/mol. The summed E-state index contributed by atoms with van der Waals surface area (Å²) in [5.41, 5.74) is 2.68. The molecule has 9 heteroatoms. The van der Waals surface area contributed by atoms with Crippen LogP contribution in [-0.4, -0.2) is 20.0 Å². The van der Waals surface area contributed by atoms with Crippen molar-refractivity contribution in [2.45, 2.75) is 19.3 Å². The summed E-state index contributed by atoms with van der Waals surface area (Å²) in [6.07, 6.45) is 2.04. The molecule has 0 aliphatic rings. The summed E-state index contributed by atoms with van der Waals surface area (Å²) in [7, 11) is 0. The Bertz CT molecular complexity index is 1210. The van der Waals surface area contributed by atoms with Crippen LogP contribution < -0.4 is 0 Å². The molecule has 0 aliphatic heterocycles. The van der Waals surface area contributed by atoms with E-state index in [2.05, 4.69) is 10.1 Å². The molecule has 1 atom stereocenters. The van der Waals surface area contributed by atoms with Crippen molar-refractivity contribution in [2.75, 3.05) is 0 Å². The lowest BCUT2D eigenvalue weighted by Crippen LogP contribution is -2.06. The van der Waals surface area contributed by atoms with Gasteiger partial charge in [-0.1, -0.05) is 35.5 Å². The molecule has 0 aliphatic carbocycles. The number of aromatic nitrogens is 2. The number of rotatable bonds is 6. The van der Waals surface area contributed by atoms with Crippen LogP contribution in [-0.2, 0) is 6.42 Å². The van der Waals surface area contributed by atoms with Crippen molar-refractivity contribution in [1.82, 2.24) is 10.1 Å². The SMILES string of the molecule is Cc1noc(CC(c2ccc([N+](=O)[O-])cc2)c2c[nH]c3ccccc23)c1[N+](=O)[O-]. The van der Waals surface area contributed by atoms with Gasteiger partial charge < -0.3 is 9.51 Å². The normalized spacial score (nSPS) is 12.2. The number of hydrogen-bond acceptors (Lipinski definition) is 6. The van der Waals surface area contributed by atoms with Crippen LogP contribution in [0.15, 0.2) is 59.3 Å². The van der Waals surface area contributed by atoms with E-state index in [1.165, 1.54) is 19.1 Å². The van der Waals surface area contributed by atoms with Gasteiger partial charge in [-0.3, -0.25) is 20.2 Å². The Hall–Kier alpha value is -4.01. The van der Waals surface area contributed by atoms with Gasteiger partial charge >= 0.3 is 5.69 Å². The fourth-order valence-corrected chi connectivity index (χ4v) is 3.58. The number of para-hydroxylation sites is 1. The molecule has 2 aromatic heterocycles. The third-order valence-electron chi connectivity index (χ3n) is 4.97. The summed E-state index contributed by atoms with van der Waals surface area (Å²) in [6.45, 7) is 1.53. The van der Waals surface area contributed by atoms with Crippen molar-refractivity contribution in [1.29, 1.82) is 0 Å². The van der Waals surface area contributed by atoms with Gasteiger partial charge in [-0.15, -0.1) is 0 Å². The number of nitrogens with zero attached hydrogens (tertiary/aromatic N) is 3. The molecular formula is C20H16N4O5. The Morgan fingerprint density at radius 1 is 1.07 bits per heavy atom. The highest BCUT2D eigenvalue weighted by Gasteiger charge is 2.29. The largest absolute Gasteiger partial charge is 0.361 e. The fourth-order valence-electron chi connectivity index (χ4n) is 3.58. The summed E-state index contributed by atoms with van der Waals surface area (Å²) >= 11 is 0. The van der Waals surface area contributed by atoms with Crippen LogP contribution in [0.4, 0.5) is 11.4 Å². The Balaban J connectivity index is 1.83. The van der Waals surface area contributed by atoms with E-state index in [4.69, 9.17) is 4.52 Å². The summed E-state index contributed by atoms with van der Waals surface area (Å²) in [4.78, 5) is 24.7. The molecule has 0 amide bonds. The molecule has 29 heavy (non-hydrogen) atoms. The van der Waals surface area contributed by atoms with Crippen LogP contribution in [0.25, 0.3) is 10.9 Å². The second kappa shape index (κ2) is 7.19. The Labute approximate surface area is 164 Å². The lowest BCUT2D eigenvalue weighted by atomic mass is 9.87. The molecule has 0 radical (unpaired) electrons. The molecule has 9 nitrogen and oxygen atoms in total. The third kappa shape index (κ3) is 3.33. The molecule has 0 fully saturated rings. The highest BCUT2D eigenvalue weighted by molar-refractivity contribution is 5.84. The molecule has 0 spiro atoms. The van der Waals surface area contributed by atoms with Gasteiger partial charge in [0.25, 0.3) is 5.69 Å². The minimum Gasteiger partial charge on any atom is -0.361 e. The molecule has 2 aromatic carbocycles. The molecule has 0 bridgehead atoms. The van der Waals surface area contributed by atoms with Gasteiger partial charge in [0.05, 0.1) is 9.85 Å². The van der Waals surface area contributed by atoms with Crippen molar-refractivity contribution < 1.29 is 14.4 Å². The number of benzene rings is 2. The molecule has 0 saturated carbocycles. The molecule has 1 N–H and O–H groups in total. The van der Waals surface area contributed by atoms with Gasteiger partial charge in [0.15, 0.2) is 5.69 Å². The number of fused-ring (bicyclic) bond motifs is 1. The summed E-state index contributed by atoms with van der Waals surface area (Å²) in [5, 5.41) is 27.2. The first kappa shape index (κ1) is 18.4. The van der Waals surface area contributed by atoms with Crippen molar-refractivity contribution in [3.63, 3.8) is 0 Å². The van der Waals surface area contributed by atoms with Crippen LogP contribution in [0.5, 0.6) is 0 Å². The van der Waals surface area contributed by atoms with E-state index < -0.39 is 9.85 Å². The van der Waals surface area contributed by atoms with Gasteiger partial charge in [0, 0.05) is 41.6 Å². The Kier molecular flexibility index (Phi) is 4.55. The molecule has 4 aromatic rings. The van der Waals surface area contributed by atoms with E-state index in [0.29, 0.717) is 0 Å². The predicted molar refractivity (Wildman–Crippen MR) is 105 cm³/mol. The number of H-pyrrole nitrogens is 1. The fraction of sp³-hybridized carbons (Fsp3) is 0.150. The highest BCUT2D eigenvalue weighted by atomic mass is 16.6. The average Bonchev–Trinajstić information content (AvgIpc) is 3.29. The number of hydrogen-bond donors (Lipinski definition) is 1. The zero-order valence-corrected chi connectivity index (χ0v) is 15.4. The van der Waals surface area contributed by atoms with Gasteiger partial charge in [-0.2, -0.15) is 0 Å². The summed E-state index contributed by atoms with van der Waals surface area (Å²) in [6, 6.07) is 13.9. The van der Waals surface area contributed by atoms with E-state index in [1.54, 1.807) is 12.1 Å². The molecule has 2 heterocycles. The van der Waals surface area contributed by atoms with E-state index in [0.717, 1.165) is 22.0 Å². The first-order valence-corrected chi connectivity index (χ1v) is 8.85. The first-order chi connectivity index (χ1) is 14.0. The van der Waals surface area contributed by atoms with Crippen molar-refractivity contribution in [3.8, 4) is 0 Å². The monoisotopic (exact) mass is 392 g/mol. The highest BCUT2D eigenvalue weighted by Crippen LogP contribution is 2.36. The summed E-state index contributed by atoms with van der Waals surface area (Å²) < 4.78 is 5.27. The second-order valence-electron chi connectivity index (χ2n) is 6.69. The maximum absolute atomic E-state index is 11.5. The minimum absolute atomic E-state index is 0.0204. The molecule has 1 unspecified atom stereocenters. The van der Waals surface area contributed by atoms with Crippen LogP contribution >= 0.6 is 0 Å². The smallest absolute Gasteiger partial charge is 0.334 e. The quantitative estimate of drug-likeness (QED) is 0.375. The first-order valence-electron chi connectivity index (χ1n) is 8.85. The standard InChI is InChI=1S/C20H16N4O5/c1-12-20(24(27)28)19(29-22-12)10-16(13-6-8-14(9-7-13)23(25)26)17-11-21-18-5-3-2-4-15(17)18/h2-9,11,16,21H,10H2,1H3. The van der Waals surface area contributed by atoms with Crippen LogP contribution in [0.3, 0.4) is 0 Å². The number of aryl methyl sites for hydroxylation is 1. The Morgan fingerprint density at radius 2 is 1.79 bits per heavy atom. The summed E-state index contributed by atoms with van der Waals surface area (Å²) in [5.74, 6) is -0.154. The van der Waals surface area contributed by atoms with E-state index in [1.807, 2.05) is 30.5 Å². The average molecular weight is 392 g/mol. The molecule has 0 saturated heterocycles. The van der Waals surface area contributed by atoms with Crippen molar-refractivity contribution in [2.24, 2.45) is 0 Å². The predicted octanol–water partition coefficient (Wildman–Crippen LogP) is 4.66. The van der Waals surface area contributed by atoms with E-state index >= 15 is 0 Å². The van der Waals surface area contributed by atoms with Crippen LogP contribution in [0.1, 0.15) is 28.5 Å². The lowest BCUT2D eigenvalue weighted by Gasteiger charge is -2.15. The zero-order chi connectivity index (χ0) is 20.5. The number of nitro benzene ring substituents is 1. The third-order valence-corrected chi connectivity index (χ3v) is 4.97. The number of aromatic amines is 1. The number of nitro groups is 2. The van der Waals surface area contributed by atoms with Crippen LogP contribution in [0.2, 0.25) is 0 Å². The van der Waals surface area contributed by atoms with Gasteiger partial charge in [-0.05, 0) is 24.1 Å². The van der Waals surface area contributed by atoms with E-state index in [9.17, 15) is 20.2 Å². The number of nitrogens with one attached hydrogen (secondary N) is 1. The van der Waals surface area contributed by atoms with Gasteiger partial charge in [0.1, 0.15) is 0 Å². The lowest BCUT2D eigenvalue weighted by molar-refractivity contribution is -0.386. The zero-order valence-electron chi connectivity index (χ0n) is 15.4. The van der Waals surface area contributed by atoms with Crippen molar-refractivity contribution >= 4 is 22.3 Å². The maximum Gasteiger partial charge on any atom is 0.334 e. The van der Waals surface area contributed by atoms with E-state index in [-0.39, 0.29) is 35.2 Å². The molecule has 146 valence electrons. The Morgan fingerprint density at radius 3 is 2.48 bits per heavy atom. The number of non-ortho nitro benzene ring substituents is 1. The maximum atomic E-state index is 11.5. The van der Waals surface area contributed by atoms with Crippen LogP contribution in [0, 0.1) is 27.2 Å². The van der Waals surface area contributed by atoms with Gasteiger partial charge in [0.2, 0.25) is 5.76 Å². The topological polar surface area (TPSA) is 128 Å². The van der Waals surface area contributed by atoms with Gasteiger partial charge in [-0.25, -0.2) is 0 Å². The second-order valence-corrected chi connectivity index (χ2v) is 6.69. The minimum atomic E-state index is -0.497. The van der Waals surface area contributed by atoms with Crippen molar-refractivity contribution in [3.05, 3.63) is 97.5 Å².